The summed E-state index contributed by atoms with van der Waals surface area (Å²) in [6.45, 7) is 3.54. The minimum Gasteiger partial charge on any atom is -0.493 e. The first-order chi connectivity index (χ1) is 13.8. The van der Waals surface area contributed by atoms with Crippen LogP contribution in [-0.2, 0) is 13.2 Å². The Morgan fingerprint density at radius 3 is 2.21 bits per heavy atom. The molecule has 1 unspecified atom stereocenters. The molecule has 1 N–H and O–H groups in total. The van der Waals surface area contributed by atoms with E-state index in [1.165, 1.54) is 11.1 Å². The van der Waals surface area contributed by atoms with Crippen LogP contribution in [0.2, 0.25) is 0 Å². The van der Waals surface area contributed by atoms with Crippen LogP contribution in [0.3, 0.4) is 0 Å². The van der Waals surface area contributed by atoms with E-state index in [1.54, 1.807) is 7.11 Å². The van der Waals surface area contributed by atoms with Crippen molar-refractivity contribution in [2.24, 2.45) is 0 Å². The fourth-order valence-electron chi connectivity index (χ4n) is 3.28. The molecule has 1 atom stereocenters. The Labute approximate surface area is 168 Å². The lowest BCUT2D eigenvalue weighted by Gasteiger charge is -2.19. The molecule has 0 saturated heterocycles. The molecule has 0 aromatic heterocycles. The van der Waals surface area contributed by atoms with Gasteiger partial charge in [0.05, 0.1) is 7.11 Å². The van der Waals surface area contributed by atoms with E-state index in [4.69, 9.17) is 9.47 Å². The van der Waals surface area contributed by atoms with E-state index in [9.17, 15) is 0 Å². The third kappa shape index (κ3) is 5.61. The van der Waals surface area contributed by atoms with Crippen LogP contribution in [-0.4, -0.2) is 7.11 Å². The maximum absolute atomic E-state index is 5.96. The molecule has 0 aliphatic rings. The first kappa shape index (κ1) is 20.0. The summed E-state index contributed by atoms with van der Waals surface area (Å²) in [6, 6.07) is 27.3. The van der Waals surface area contributed by atoms with Crippen LogP contribution in [0.5, 0.6) is 11.5 Å². The maximum atomic E-state index is 5.96. The summed E-state index contributed by atoms with van der Waals surface area (Å²) >= 11 is 0. The minimum absolute atomic E-state index is 0.353. The molecule has 3 nitrogen and oxygen atoms in total. The third-order valence-electron chi connectivity index (χ3n) is 4.80. The second-order valence-electron chi connectivity index (χ2n) is 6.89. The van der Waals surface area contributed by atoms with E-state index in [-0.39, 0.29) is 0 Å². The summed E-state index contributed by atoms with van der Waals surface area (Å²) in [4.78, 5) is 0. The predicted molar refractivity (Wildman–Crippen MR) is 115 cm³/mol. The normalized spacial score (nSPS) is 11.8. The number of nitrogens with one attached hydrogen (secondary N) is 1. The highest BCUT2D eigenvalue weighted by atomic mass is 16.5. The van der Waals surface area contributed by atoms with Crippen LogP contribution in [0.4, 0.5) is 0 Å². The SMILES string of the molecule is CCCC(NCc1ccc(OCc2ccccc2)c(OC)c1)c1ccccc1. The van der Waals surface area contributed by atoms with Crippen LogP contribution in [0.15, 0.2) is 78.9 Å². The highest BCUT2D eigenvalue weighted by Gasteiger charge is 2.11. The van der Waals surface area contributed by atoms with Gasteiger partial charge in [0, 0.05) is 12.6 Å². The van der Waals surface area contributed by atoms with Gasteiger partial charge in [-0.3, -0.25) is 0 Å². The van der Waals surface area contributed by atoms with Crippen molar-refractivity contribution in [3.8, 4) is 11.5 Å². The maximum Gasteiger partial charge on any atom is 0.161 e. The lowest BCUT2D eigenvalue weighted by molar-refractivity contribution is 0.284. The second kappa shape index (κ2) is 10.5. The molecule has 0 amide bonds. The number of hydrogen-bond donors (Lipinski definition) is 1. The van der Waals surface area contributed by atoms with E-state index in [0.717, 1.165) is 36.4 Å². The fraction of sp³-hybridized carbons (Fsp3) is 0.280. The Morgan fingerprint density at radius 2 is 1.54 bits per heavy atom. The third-order valence-corrected chi connectivity index (χ3v) is 4.80. The van der Waals surface area contributed by atoms with E-state index in [1.807, 2.05) is 24.3 Å². The molecule has 0 aliphatic carbocycles. The molecular weight excluding hydrogens is 346 g/mol. The van der Waals surface area contributed by atoms with Crippen molar-refractivity contribution < 1.29 is 9.47 Å². The van der Waals surface area contributed by atoms with Gasteiger partial charge in [-0.05, 0) is 35.2 Å². The average Bonchev–Trinajstić information content (AvgIpc) is 2.76. The van der Waals surface area contributed by atoms with Gasteiger partial charge in [-0.2, -0.15) is 0 Å². The Kier molecular flexibility index (Phi) is 7.51. The molecule has 3 heteroatoms. The molecule has 0 spiro atoms. The summed E-state index contributed by atoms with van der Waals surface area (Å²) in [5.41, 5.74) is 3.65. The first-order valence-electron chi connectivity index (χ1n) is 9.92. The molecule has 0 saturated carbocycles. The number of benzene rings is 3. The summed E-state index contributed by atoms with van der Waals surface area (Å²) in [5, 5.41) is 3.69. The van der Waals surface area contributed by atoms with Crippen molar-refractivity contribution in [3.05, 3.63) is 95.6 Å². The molecule has 0 aliphatic heterocycles. The van der Waals surface area contributed by atoms with Crippen LogP contribution in [0.1, 0.15) is 42.5 Å². The molecular formula is C25H29NO2. The van der Waals surface area contributed by atoms with Gasteiger partial charge in [-0.15, -0.1) is 0 Å². The Bertz CT molecular complexity index is 834. The molecule has 0 radical (unpaired) electrons. The van der Waals surface area contributed by atoms with Crippen molar-refractivity contribution in [2.45, 2.75) is 39.0 Å². The number of rotatable bonds is 10. The van der Waals surface area contributed by atoms with Gasteiger partial charge in [0.2, 0.25) is 0 Å². The van der Waals surface area contributed by atoms with Crippen molar-refractivity contribution >= 4 is 0 Å². The van der Waals surface area contributed by atoms with Gasteiger partial charge >= 0.3 is 0 Å². The molecule has 3 aromatic rings. The highest BCUT2D eigenvalue weighted by Crippen LogP contribution is 2.29. The van der Waals surface area contributed by atoms with Crippen molar-refractivity contribution in [1.82, 2.24) is 5.32 Å². The van der Waals surface area contributed by atoms with Crippen LogP contribution >= 0.6 is 0 Å². The van der Waals surface area contributed by atoms with Gasteiger partial charge in [0.1, 0.15) is 6.61 Å². The molecule has 0 heterocycles. The number of methoxy groups -OCH3 is 1. The smallest absolute Gasteiger partial charge is 0.161 e. The Morgan fingerprint density at radius 1 is 0.821 bits per heavy atom. The zero-order valence-corrected chi connectivity index (χ0v) is 16.7. The lowest BCUT2D eigenvalue weighted by Crippen LogP contribution is -2.20. The summed E-state index contributed by atoms with van der Waals surface area (Å²) in [6.07, 6.45) is 2.25. The fourth-order valence-corrected chi connectivity index (χ4v) is 3.28. The van der Waals surface area contributed by atoms with E-state index in [2.05, 4.69) is 66.8 Å². The van der Waals surface area contributed by atoms with E-state index in [0.29, 0.717) is 12.6 Å². The highest BCUT2D eigenvalue weighted by molar-refractivity contribution is 5.43. The first-order valence-corrected chi connectivity index (χ1v) is 9.92. The van der Waals surface area contributed by atoms with E-state index < -0.39 is 0 Å². The molecule has 28 heavy (non-hydrogen) atoms. The Hall–Kier alpha value is -2.78. The largest absolute Gasteiger partial charge is 0.493 e. The summed E-state index contributed by atoms with van der Waals surface area (Å²) in [7, 11) is 1.69. The molecule has 3 rings (SSSR count). The molecule has 0 fully saturated rings. The van der Waals surface area contributed by atoms with Crippen LogP contribution in [0.25, 0.3) is 0 Å². The standard InChI is InChI=1S/C25H29NO2/c1-3-10-23(22-13-8-5-9-14-22)26-18-21-15-16-24(25(17-21)27-2)28-19-20-11-6-4-7-12-20/h4-9,11-17,23,26H,3,10,18-19H2,1-2H3. The molecule has 0 bridgehead atoms. The van der Waals surface area contributed by atoms with Crippen LogP contribution < -0.4 is 14.8 Å². The number of hydrogen-bond acceptors (Lipinski definition) is 3. The monoisotopic (exact) mass is 375 g/mol. The van der Waals surface area contributed by atoms with Crippen molar-refractivity contribution in [3.63, 3.8) is 0 Å². The zero-order chi connectivity index (χ0) is 19.6. The van der Waals surface area contributed by atoms with Gasteiger partial charge in [-0.25, -0.2) is 0 Å². The molecule has 3 aromatic carbocycles. The van der Waals surface area contributed by atoms with E-state index >= 15 is 0 Å². The van der Waals surface area contributed by atoms with Crippen LogP contribution in [0, 0.1) is 0 Å². The minimum atomic E-state index is 0.353. The quantitative estimate of drug-likeness (QED) is 0.478. The van der Waals surface area contributed by atoms with Gasteiger partial charge in [-0.1, -0.05) is 80.1 Å². The summed E-state index contributed by atoms with van der Waals surface area (Å²) in [5.74, 6) is 1.53. The Balaban J connectivity index is 1.64. The number of ether oxygens (including phenoxy) is 2. The van der Waals surface area contributed by atoms with Crippen molar-refractivity contribution in [2.75, 3.05) is 7.11 Å². The van der Waals surface area contributed by atoms with Crippen molar-refractivity contribution in [1.29, 1.82) is 0 Å². The lowest BCUT2D eigenvalue weighted by atomic mass is 10.0. The van der Waals surface area contributed by atoms with Gasteiger partial charge in [0.15, 0.2) is 11.5 Å². The second-order valence-corrected chi connectivity index (χ2v) is 6.89. The predicted octanol–water partition coefficient (Wildman–Crippen LogP) is 5.91. The van der Waals surface area contributed by atoms with Gasteiger partial charge < -0.3 is 14.8 Å². The summed E-state index contributed by atoms with van der Waals surface area (Å²) < 4.78 is 11.5. The topological polar surface area (TPSA) is 30.5 Å². The van der Waals surface area contributed by atoms with Gasteiger partial charge in [0.25, 0.3) is 0 Å². The average molecular weight is 376 g/mol. The molecule has 146 valence electrons. The zero-order valence-electron chi connectivity index (χ0n) is 16.7.